The SMILES string of the molecule is CC1CCC(CCC=O)CC1.COCC(COC(=O)CCNCCC(=O)OCC(COC(=O)CCC1CCC(C)CC1)COC(=O)CCC1CCC(C)CC1)COC(=O)CCC1CCC(C)CC1. The van der Waals surface area contributed by atoms with Gasteiger partial charge in [-0.2, -0.15) is 0 Å². The Morgan fingerprint density at radius 2 is 0.676 bits per heavy atom. The molecule has 0 spiro atoms. The molecule has 0 aliphatic heterocycles. The van der Waals surface area contributed by atoms with Gasteiger partial charge in [-0.05, 0) is 73.0 Å². The number of rotatable bonds is 30. The molecule has 4 rings (SSSR count). The molecule has 1 unspecified atom stereocenters. The Balaban J connectivity index is 0.000000972. The van der Waals surface area contributed by atoms with Gasteiger partial charge < -0.3 is 38.5 Å². The number of hydrogen-bond acceptors (Lipinski definition) is 13. The largest absolute Gasteiger partial charge is 0.465 e. The van der Waals surface area contributed by atoms with Gasteiger partial charge in [0, 0.05) is 45.9 Å². The minimum absolute atomic E-state index is 0.00943. The van der Waals surface area contributed by atoms with Gasteiger partial charge in [0.25, 0.3) is 0 Å². The third-order valence-electron chi connectivity index (χ3n) is 15.3. The fourth-order valence-corrected chi connectivity index (χ4v) is 10.2. The number of hydrogen-bond donors (Lipinski definition) is 1. The van der Waals surface area contributed by atoms with E-state index in [-0.39, 0.29) is 69.7 Å². The van der Waals surface area contributed by atoms with Crippen LogP contribution < -0.4 is 5.32 Å². The lowest BCUT2D eigenvalue weighted by Gasteiger charge is -2.26. The molecule has 0 amide bonds. The molecule has 0 aromatic heterocycles. The van der Waals surface area contributed by atoms with Crippen LogP contribution in [0.2, 0.25) is 0 Å². The van der Waals surface area contributed by atoms with Crippen molar-refractivity contribution in [3.63, 3.8) is 0 Å². The summed E-state index contributed by atoms with van der Waals surface area (Å²) in [5.41, 5.74) is 0. The Morgan fingerprint density at radius 1 is 0.412 bits per heavy atom. The summed E-state index contributed by atoms with van der Waals surface area (Å²) in [5, 5.41) is 3.06. The first-order chi connectivity index (χ1) is 32.8. The second kappa shape index (κ2) is 35.9. The molecule has 4 aliphatic carbocycles. The molecule has 392 valence electrons. The average molecular weight is 962 g/mol. The Bertz CT molecular complexity index is 1350. The standard InChI is InChI=1S/C45H77NO11.C10H18O/c1-33-5-11-36(12-6-33)17-20-41(47)53-28-39(27-52-4)29-56-44(50)23-25-46-26-24-45(51)57-32-40(30-54-42(48)21-18-37-13-7-34(2)8-14-37)31-55-43(49)22-19-38-15-9-35(3)10-16-38;1-9-4-6-10(7-5-9)3-2-8-11/h33-40,46H,5-32H2,1-4H3;8-10H,2-7H2,1H3. The third kappa shape index (κ3) is 28.6. The van der Waals surface area contributed by atoms with Crippen LogP contribution in [0.25, 0.3) is 0 Å². The molecule has 1 atom stereocenters. The zero-order valence-corrected chi connectivity index (χ0v) is 43.3. The molecule has 68 heavy (non-hydrogen) atoms. The van der Waals surface area contributed by atoms with Crippen LogP contribution in [-0.2, 0) is 57.2 Å². The van der Waals surface area contributed by atoms with Crippen molar-refractivity contribution < 1.29 is 57.2 Å². The molecule has 0 heterocycles. The first-order valence-corrected chi connectivity index (χ1v) is 27.2. The quantitative estimate of drug-likeness (QED) is 0.0313. The summed E-state index contributed by atoms with van der Waals surface area (Å²) in [4.78, 5) is 72.6. The van der Waals surface area contributed by atoms with E-state index in [4.69, 9.17) is 28.4 Å². The summed E-state index contributed by atoms with van der Waals surface area (Å²) in [7, 11) is 1.55. The lowest BCUT2D eigenvalue weighted by molar-refractivity contribution is -0.154. The van der Waals surface area contributed by atoms with E-state index in [1.807, 2.05) is 0 Å². The van der Waals surface area contributed by atoms with Crippen LogP contribution in [-0.4, -0.2) is 96.0 Å². The first kappa shape index (κ1) is 59.2. The molecule has 4 saturated carbocycles. The van der Waals surface area contributed by atoms with Gasteiger partial charge in [0.2, 0.25) is 0 Å². The number of nitrogens with one attached hydrogen (secondary N) is 1. The number of methoxy groups -OCH3 is 1. The zero-order chi connectivity index (χ0) is 49.4. The predicted octanol–water partition coefficient (Wildman–Crippen LogP) is 10.6. The topological polar surface area (TPSA) is 170 Å². The van der Waals surface area contributed by atoms with Gasteiger partial charge in [-0.1, -0.05) is 130 Å². The van der Waals surface area contributed by atoms with Crippen molar-refractivity contribution in [2.24, 2.45) is 59.2 Å². The van der Waals surface area contributed by atoms with E-state index in [2.05, 4.69) is 33.0 Å². The van der Waals surface area contributed by atoms with E-state index in [9.17, 15) is 28.8 Å². The maximum atomic E-state index is 12.6. The molecule has 13 nitrogen and oxygen atoms in total. The van der Waals surface area contributed by atoms with Gasteiger partial charge in [0.15, 0.2) is 0 Å². The minimum Gasteiger partial charge on any atom is -0.465 e. The molecule has 0 radical (unpaired) electrons. The Kier molecular flexibility index (Phi) is 31.3. The number of carbonyl (C=O) groups is 6. The molecule has 0 aromatic carbocycles. The number of aldehydes is 1. The first-order valence-electron chi connectivity index (χ1n) is 27.2. The molecule has 4 fully saturated rings. The van der Waals surface area contributed by atoms with Crippen LogP contribution in [0.1, 0.15) is 195 Å². The normalized spacial score (nSPS) is 25.9. The summed E-state index contributed by atoms with van der Waals surface area (Å²) < 4.78 is 32.8. The Hall–Kier alpha value is -3.06. The lowest BCUT2D eigenvalue weighted by Crippen LogP contribution is -2.28. The highest BCUT2D eigenvalue weighted by Gasteiger charge is 2.24. The minimum atomic E-state index is -0.466. The molecular formula is C55H95NO12. The predicted molar refractivity (Wildman–Crippen MR) is 263 cm³/mol. The highest BCUT2D eigenvalue weighted by atomic mass is 16.6. The molecular weight excluding hydrogens is 867 g/mol. The van der Waals surface area contributed by atoms with E-state index in [0.717, 1.165) is 93.7 Å². The second-order valence-electron chi connectivity index (χ2n) is 21.7. The van der Waals surface area contributed by atoms with Crippen molar-refractivity contribution >= 4 is 36.1 Å². The van der Waals surface area contributed by atoms with Crippen molar-refractivity contribution in [1.29, 1.82) is 0 Å². The fraction of sp³-hybridized carbons (Fsp3) is 0.891. The number of esters is 5. The Morgan fingerprint density at radius 3 is 0.956 bits per heavy atom. The Labute approximate surface area is 411 Å². The summed E-state index contributed by atoms with van der Waals surface area (Å²) >= 11 is 0. The van der Waals surface area contributed by atoms with Gasteiger partial charge in [-0.25, -0.2) is 0 Å². The maximum absolute atomic E-state index is 12.6. The molecule has 13 heteroatoms. The summed E-state index contributed by atoms with van der Waals surface area (Å²) in [6, 6.07) is 0. The van der Waals surface area contributed by atoms with Crippen LogP contribution in [0.5, 0.6) is 0 Å². The van der Waals surface area contributed by atoms with Gasteiger partial charge in [0.05, 0.1) is 44.5 Å². The molecule has 0 saturated heterocycles. The molecule has 0 bridgehead atoms. The van der Waals surface area contributed by atoms with Crippen molar-refractivity contribution in [3.05, 3.63) is 0 Å². The zero-order valence-electron chi connectivity index (χ0n) is 43.3. The third-order valence-corrected chi connectivity index (χ3v) is 15.3. The van der Waals surface area contributed by atoms with Gasteiger partial charge in [-0.15, -0.1) is 0 Å². The number of ether oxygens (including phenoxy) is 6. The van der Waals surface area contributed by atoms with Crippen LogP contribution in [0.4, 0.5) is 0 Å². The van der Waals surface area contributed by atoms with Crippen molar-refractivity contribution in [2.75, 3.05) is 59.8 Å². The average Bonchev–Trinajstić information content (AvgIpc) is 3.34. The van der Waals surface area contributed by atoms with Crippen LogP contribution in [0, 0.1) is 59.2 Å². The van der Waals surface area contributed by atoms with Gasteiger partial charge in [-0.3, -0.25) is 24.0 Å². The maximum Gasteiger partial charge on any atom is 0.307 e. The van der Waals surface area contributed by atoms with Gasteiger partial charge in [0.1, 0.15) is 26.1 Å². The lowest BCUT2D eigenvalue weighted by atomic mass is 9.81. The van der Waals surface area contributed by atoms with Crippen LogP contribution >= 0.6 is 0 Å². The molecule has 0 aromatic rings. The number of carbonyl (C=O) groups excluding carboxylic acids is 6. The highest BCUT2D eigenvalue weighted by Crippen LogP contribution is 2.34. The monoisotopic (exact) mass is 962 g/mol. The highest BCUT2D eigenvalue weighted by molar-refractivity contribution is 5.71. The van der Waals surface area contributed by atoms with E-state index in [1.54, 1.807) is 7.11 Å². The van der Waals surface area contributed by atoms with E-state index in [0.29, 0.717) is 56.7 Å². The van der Waals surface area contributed by atoms with E-state index >= 15 is 0 Å². The summed E-state index contributed by atoms with van der Waals surface area (Å²) in [6.07, 6.45) is 26.4. The van der Waals surface area contributed by atoms with Crippen LogP contribution in [0.3, 0.4) is 0 Å². The fourth-order valence-electron chi connectivity index (χ4n) is 10.2. The van der Waals surface area contributed by atoms with Crippen molar-refractivity contribution in [2.45, 2.75) is 195 Å². The van der Waals surface area contributed by atoms with Gasteiger partial charge >= 0.3 is 29.8 Å². The van der Waals surface area contributed by atoms with Crippen molar-refractivity contribution in [1.82, 2.24) is 5.32 Å². The van der Waals surface area contributed by atoms with Crippen molar-refractivity contribution in [3.8, 4) is 0 Å². The summed E-state index contributed by atoms with van der Waals surface area (Å²) in [5.74, 6) is 3.42. The van der Waals surface area contributed by atoms with E-state index in [1.165, 1.54) is 77.0 Å². The van der Waals surface area contributed by atoms with E-state index < -0.39 is 17.9 Å². The molecule has 4 aliphatic rings. The summed E-state index contributed by atoms with van der Waals surface area (Å²) in [6.45, 7) is 10.3. The second-order valence-corrected chi connectivity index (χ2v) is 21.7. The van der Waals surface area contributed by atoms with Crippen LogP contribution in [0.15, 0.2) is 0 Å². The molecule has 1 N–H and O–H groups in total. The smallest absolute Gasteiger partial charge is 0.307 e.